The first-order chi connectivity index (χ1) is 27.8. The summed E-state index contributed by atoms with van der Waals surface area (Å²) < 4.78 is 0. The Morgan fingerprint density at radius 2 is 0.877 bits per heavy atom. The molecule has 0 spiro atoms. The Balaban J connectivity index is 1.12. The highest BCUT2D eigenvalue weighted by Crippen LogP contribution is 2.54. The fourth-order valence-electron chi connectivity index (χ4n) is 10.2. The summed E-state index contributed by atoms with van der Waals surface area (Å²) in [5.41, 5.74) is 19.0. The lowest BCUT2D eigenvalue weighted by Gasteiger charge is -2.30. The smallest absolute Gasteiger partial charge is 0.0467 e. The molecule has 11 rings (SSSR count). The van der Waals surface area contributed by atoms with Crippen LogP contribution in [-0.4, -0.2) is 0 Å². The molecule has 0 aromatic heterocycles. The lowest BCUT2D eigenvalue weighted by atomic mass is 9.81. The van der Waals surface area contributed by atoms with Gasteiger partial charge in [0, 0.05) is 27.9 Å². The lowest BCUT2D eigenvalue weighted by molar-refractivity contribution is 0.660. The lowest BCUT2D eigenvalue weighted by Crippen LogP contribution is -2.18. The van der Waals surface area contributed by atoms with Crippen LogP contribution >= 0.6 is 0 Å². The minimum absolute atomic E-state index is 0.116. The van der Waals surface area contributed by atoms with Crippen LogP contribution in [-0.2, 0) is 10.8 Å². The highest BCUT2D eigenvalue weighted by atomic mass is 15.1. The molecule has 2 aliphatic rings. The van der Waals surface area contributed by atoms with Crippen molar-refractivity contribution in [2.24, 2.45) is 0 Å². The second kappa shape index (κ2) is 12.4. The predicted octanol–water partition coefficient (Wildman–Crippen LogP) is 15.4. The van der Waals surface area contributed by atoms with Crippen LogP contribution < -0.4 is 4.90 Å². The standard InChI is InChI=1S/C56H43N/c1-55(2)49-26-11-10-23-46(49)47-30-28-41(34-51(47)55)57(42-29-31-48-52(35-42)56(3,4)50-32-27-37-17-8-9-22-44(37)54(48)50)40-21-12-20-39(33-40)45-25-14-19-38-18-13-24-43(53(38)45)36-15-6-5-7-16-36/h5-35H,1-4H3. The molecule has 0 saturated heterocycles. The maximum Gasteiger partial charge on any atom is 0.0467 e. The molecule has 1 heteroatoms. The molecule has 1 nitrogen and oxygen atoms in total. The summed E-state index contributed by atoms with van der Waals surface area (Å²) >= 11 is 0. The Labute approximate surface area is 335 Å². The molecule has 272 valence electrons. The molecule has 0 fully saturated rings. The molecular weight excluding hydrogens is 687 g/mol. The molecular formula is C56H43N. The first kappa shape index (κ1) is 33.6. The van der Waals surface area contributed by atoms with E-state index in [2.05, 4.69) is 221 Å². The molecule has 57 heavy (non-hydrogen) atoms. The number of fused-ring (bicyclic) bond motifs is 9. The van der Waals surface area contributed by atoms with E-state index in [4.69, 9.17) is 0 Å². The average molecular weight is 730 g/mol. The number of rotatable bonds is 5. The molecule has 0 unspecified atom stereocenters. The number of benzene rings is 9. The van der Waals surface area contributed by atoms with E-state index in [0.717, 1.165) is 17.1 Å². The van der Waals surface area contributed by atoms with E-state index < -0.39 is 0 Å². The summed E-state index contributed by atoms with van der Waals surface area (Å²) in [6, 6.07) is 70.1. The molecule has 9 aromatic rings. The number of hydrogen-bond donors (Lipinski definition) is 0. The van der Waals surface area contributed by atoms with Gasteiger partial charge >= 0.3 is 0 Å². The molecule has 0 aliphatic heterocycles. The van der Waals surface area contributed by atoms with Gasteiger partial charge in [-0.05, 0) is 125 Å². The maximum absolute atomic E-state index is 2.49. The van der Waals surface area contributed by atoms with Crippen molar-refractivity contribution in [1.82, 2.24) is 0 Å². The molecule has 0 radical (unpaired) electrons. The van der Waals surface area contributed by atoms with E-state index in [9.17, 15) is 0 Å². The van der Waals surface area contributed by atoms with Gasteiger partial charge in [-0.25, -0.2) is 0 Å². The number of hydrogen-bond acceptors (Lipinski definition) is 1. The van der Waals surface area contributed by atoms with E-state index in [1.54, 1.807) is 0 Å². The third-order valence-electron chi connectivity index (χ3n) is 13.0. The van der Waals surface area contributed by atoms with Crippen LogP contribution in [0.1, 0.15) is 49.9 Å². The first-order valence-electron chi connectivity index (χ1n) is 20.2. The fraction of sp³-hybridized carbons (Fsp3) is 0.107. The zero-order chi connectivity index (χ0) is 38.5. The van der Waals surface area contributed by atoms with Gasteiger partial charge in [0.25, 0.3) is 0 Å². The van der Waals surface area contributed by atoms with Crippen molar-refractivity contribution < 1.29 is 0 Å². The molecule has 0 heterocycles. The fourth-order valence-corrected chi connectivity index (χ4v) is 10.2. The molecule has 2 aliphatic carbocycles. The van der Waals surface area contributed by atoms with Gasteiger partial charge < -0.3 is 4.90 Å². The number of anilines is 3. The van der Waals surface area contributed by atoms with E-state index >= 15 is 0 Å². The van der Waals surface area contributed by atoms with Crippen LogP contribution in [0.5, 0.6) is 0 Å². The Kier molecular flexibility index (Phi) is 7.32. The molecule has 0 N–H and O–H groups in total. The summed E-state index contributed by atoms with van der Waals surface area (Å²) in [5.74, 6) is 0. The Morgan fingerprint density at radius 1 is 0.333 bits per heavy atom. The normalized spacial score (nSPS) is 14.2. The van der Waals surface area contributed by atoms with Crippen LogP contribution in [0.4, 0.5) is 17.1 Å². The van der Waals surface area contributed by atoms with E-state index in [1.165, 1.54) is 88.3 Å². The van der Waals surface area contributed by atoms with Gasteiger partial charge in [-0.2, -0.15) is 0 Å². The Hall–Kier alpha value is -6.70. The van der Waals surface area contributed by atoms with E-state index in [1.807, 2.05) is 0 Å². The summed E-state index contributed by atoms with van der Waals surface area (Å²) in [6.45, 7) is 9.52. The van der Waals surface area contributed by atoms with Crippen molar-refractivity contribution in [2.45, 2.75) is 38.5 Å². The molecule has 0 bridgehead atoms. The van der Waals surface area contributed by atoms with Gasteiger partial charge in [0.1, 0.15) is 0 Å². The van der Waals surface area contributed by atoms with E-state index in [-0.39, 0.29) is 10.8 Å². The summed E-state index contributed by atoms with van der Waals surface area (Å²) in [7, 11) is 0. The number of nitrogens with zero attached hydrogens (tertiary/aromatic N) is 1. The third-order valence-corrected chi connectivity index (χ3v) is 13.0. The molecule has 0 amide bonds. The highest BCUT2D eigenvalue weighted by molar-refractivity contribution is 6.07. The minimum Gasteiger partial charge on any atom is -0.310 e. The monoisotopic (exact) mass is 729 g/mol. The van der Waals surface area contributed by atoms with Crippen molar-refractivity contribution in [3.8, 4) is 44.5 Å². The van der Waals surface area contributed by atoms with Gasteiger partial charge in [0.05, 0.1) is 0 Å². The second-order valence-electron chi connectivity index (χ2n) is 16.9. The predicted molar refractivity (Wildman–Crippen MR) is 242 cm³/mol. The topological polar surface area (TPSA) is 3.24 Å². The highest BCUT2D eigenvalue weighted by Gasteiger charge is 2.38. The zero-order valence-electron chi connectivity index (χ0n) is 32.8. The molecule has 0 saturated carbocycles. The van der Waals surface area contributed by atoms with Crippen LogP contribution in [0, 0.1) is 0 Å². The van der Waals surface area contributed by atoms with Crippen molar-refractivity contribution in [3.05, 3.63) is 210 Å². The van der Waals surface area contributed by atoms with Crippen molar-refractivity contribution in [3.63, 3.8) is 0 Å². The minimum atomic E-state index is -0.156. The quantitative estimate of drug-likeness (QED) is 0.170. The Morgan fingerprint density at radius 3 is 1.67 bits per heavy atom. The molecule has 0 atom stereocenters. The van der Waals surface area contributed by atoms with Crippen LogP contribution in [0.2, 0.25) is 0 Å². The van der Waals surface area contributed by atoms with Gasteiger partial charge in [-0.15, -0.1) is 0 Å². The van der Waals surface area contributed by atoms with Gasteiger partial charge in [-0.1, -0.05) is 179 Å². The first-order valence-corrected chi connectivity index (χ1v) is 20.2. The van der Waals surface area contributed by atoms with Crippen LogP contribution in [0.3, 0.4) is 0 Å². The van der Waals surface area contributed by atoms with Crippen molar-refractivity contribution in [1.29, 1.82) is 0 Å². The summed E-state index contributed by atoms with van der Waals surface area (Å²) in [4.78, 5) is 2.49. The SMILES string of the molecule is CC1(C)c2ccccc2-c2ccc(N(c3cccc(-c4cccc5cccc(-c6ccccc6)c45)c3)c3ccc4c(c3)C(C)(C)c3ccc5ccccc5c3-4)cc21. The average Bonchev–Trinajstić information content (AvgIpc) is 3.63. The Bertz CT molecular complexity index is 3070. The second-order valence-corrected chi connectivity index (χ2v) is 16.9. The zero-order valence-corrected chi connectivity index (χ0v) is 32.8. The van der Waals surface area contributed by atoms with Crippen molar-refractivity contribution >= 4 is 38.6 Å². The van der Waals surface area contributed by atoms with Crippen molar-refractivity contribution in [2.75, 3.05) is 4.90 Å². The largest absolute Gasteiger partial charge is 0.310 e. The van der Waals surface area contributed by atoms with Crippen LogP contribution in [0.15, 0.2) is 188 Å². The molecule has 9 aromatic carbocycles. The van der Waals surface area contributed by atoms with Gasteiger partial charge in [0.15, 0.2) is 0 Å². The maximum atomic E-state index is 2.49. The van der Waals surface area contributed by atoms with Gasteiger partial charge in [0.2, 0.25) is 0 Å². The summed E-state index contributed by atoms with van der Waals surface area (Å²) in [5, 5.41) is 5.12. The van der Waals surface area contributed by atoms with Gasteiger partial charge in [-0.3, -0.25) is 0 Å². The van der Waals surface area contributed by atoms with E-state index in [0.29, 0.717) is 0 Å². The summed E-state index contributed by atoms with van der Waals surface area (Å²) in [6.07, 6.45) is 0. The third kappa shape index (κ3) is 5.02. The van der Waals surface area contributed by atoms with Crippen LogP contribution in [0.25, 0.3) is 66.1 Å².